The monoisotopic (exact) mass is 247 g/mol. The number of aliphatic carboxylic acids is 1. The smallest absolute Gasteiger partial charge is 0.328 e. The number of rotatable bonds is 4. The van der Waals surface area contributed by atoms with Crippen molar-refractivity contribution in [2.45, 2.75) is 19.4 Å². The number of tetrazole rings is 1. The average Bonchev–Trinajstić information content (AvgIpc) is 2.77. The fourth-order valence-electron chi connectivity index (χ4n) is 1.34. The van der Waals surface area contributed by atoms with E-state index in [4.69, 9.17) is 5.11 Å². The zero-order chi connectivity index (χ0) is 13.2. The van der Waals surface area contributed by atoms with Gasteiger partial charge in [-0.2, -0.15) is 4.68 Å². The SMILES string of the molecule is CC(C)(Nc1nnnn1-c1ccccc1)C(=O)O. The van der Waals surface area contributed by atoms with Crippen LogP contribution in [0.1, 0.15) is 13.8 Å². The van der Waals surface area contributed by atoms with Crippen LogP contribution in [0.2, 0.25) is 0 Å². The summed E-state index contributed by atoms with van der Waals surface area (Å²) in [6.07, 6.45) is 0. The second-order valence-electron chi connectivity index (χ2n) is 4.30. The third kappa shape index (κ3) is 2.29. The molecule has 2 aromatic rings. The van der Waals surface area contributed by atoms with Crippen molar-refractivity contribution < 1.29 is 9.90 Å². The number of para-hydroxylation sites is 1. The second-order valence-corrected chi connectivity index (χ2v) is 4.30. The van der Waals surface area contributed by atoms with E-state index in [1.54, 1.807) is 13.8 Å². The van der Waals surface area contributed by atoms with Crippen molar-refractivity contribution in [3.63, 3.8) is 0 Å². The standard InChI is InChI=1S/C11H13N5O2/c1-11(2,9(17)18)12-10-13-14-15-16(10)8-6-4-3-5-7-8/h3-7H,1-2H3,(H,17,18)(H,12,13,15). The minimum absolute atomic E-state index is 0.286. The van der Waals surface area contributed by atoms with Crippen molar-refractivity contribution in [1.29, 1.82) is 0 Å². The first-order chi connectivity index (χ1) is 8.50. The molecule has 7 nitrogen and oxygen atoms in total. The summed E-state index contributed by atoms with van der Waals surface area (Å²) in [5.41, 5.74) is -0.396. The molecule has 0 spiro atoms. The van der Waals surface area contributed by atoms with Gasteiger partial charge in [-0.15, -0.1) is 0 Å². The van der Waals surface area contributed by atoms with Crippen molar-refractivity contribution in [3.8, 4) is 5.69 Å². The molecule has 1 aromatic carbocycles. The molecule has 1 heterocycles. The number of hydrogen-bond acceptors (Lipinski definition) is 5. The van der Waals surface area contributed by atoms with Crippen LogP contribution in [-0.4, -0.2) is 36.8 Å². The van der Waals surface area contributed by atoms with Gasteiger partial charge < -0.3 is 10.4 Å². The number of benzene rings is 1. The molecular weight excluding hydrogens is 234 g/mol. The number of carboxylic acids is 1. The van der Waals surface area contributed by atoms with Gasteiger partial charge >= 0.3 is 5.97 Å². The molecular formula is C11H13N5O2. The summed E-state index contributed by atoms with van der Waals surface area (Å²) in [7, 11) is 0. The molecule has 18 heavy (non-hydrogen) atoms. The van der Waals surface area contributed by atoms with Crippen molar-refractivity contribution in [3.05, 3.63) is 30.3 Å². The summed E-state index contributed by atoms with van der Waals surface area (Å²) >= 11 is 0. The van der Waals surface area contributed by atoms with Gasteiger partial charge in [-0.25, -0.2) is 4.79 Å². The van der Waals surface area contributed by atoms with Crippen LogP contribution in [0.3, 0.4) is 0 Å². The van der Waals surface area contributed by atoms with Crippen molar-refractivity contribution in [2.75, 3.05) is 5.32 Å². The van der Waals surface area contributed by atoms with Crippen LogP contribution in [0.15, 0.2) is 30.3 Å². The second kappa shape index (κ2) is 4.44. The van der Waals surface area contributed by atoms with E-state index in [2.05, 4.69) is 20.8 Å². The van der Waals surface area contributed by atoms with Gasteiger partial charge in [-0.3, -0.25) is 0 Å². The fourth-order valence-corrected chi connectivity index (χ4v) is 1.34. The molecule has 0 aliphatic heterocycles. The molecule has 0 radical (unpaired) electrons. The Balaban J connectivity index is 2.32. The molecule has 7 heteroatoms. The van der Waals surface area contributed by atoms with E-state index < -0.39 is 11.5 Å². The number of carboxylic acid groups (broad SMARTS) is 1. The predicted molar refractivity (Wildman–Crippen MR) is 64.5 cm³/mol. The average molecular weight is 247 g/mol. The van der Waals surface area contributed by atoms with Crippen molar-refractivity contribution in [1.82, 2.24) is 20.2 Å². The Morgan fingerprint density at radius 2 is 2.00 bits per heavy atom. The van der Waals surface area contributed by atoms with Gasteiger partial charge in [0.15, 0.2) is 0 Å². The summed E-state index contributed by atoms with van der Waals surface area (Å²) in [6.45, 7) is 3.08. The number of nitrogens with zero attached hydrogens (tertiary/aromatic N) is 4. The molecule has 0 unspecified atom stereocenters. The van der Waals surface area contributed by atoms with E-state index in [1.807, 2.05) is 30.3 Å². The van der Waals surface area contributed by atoms with E-state index in [-0.39, 0.29) is 5.95 Å². The largest absolute Gasteiger partial charge is 0.480 e. The highest BCUT2D eigenvalue weighted by molar-refractivity contribution is 5.80. The highest BCUT2D eigenvalue weighted by atomic mass is 16.4. The van der Waals surface area contributed by atoms with E-state index in [0.29, 0.717) is 0 Å². The van der Waals surface area contributed by atoms with Crippen LogP contribution in [0.25, 0.3) is 5.69 Å². The summed E-state index contributed by atoms with van der Waals surface area (Å²) in [6, 6.07) is 9.24. The minimum Gasteiger partial charge on any atom is -0.480 e. The lowest BCUT2D eigenvalue weighted by Gasteiger charge is -2.20. The lowest BCUT2D eigenvalue weighted by molar-refractivity contribution is -0.141. The Morgan fingerprint density at radius 1 is 1.33 bits per heavy atom. The Morgan fingerprint density at radius 3 is 2.61 bits per heavy atom. The fraction of sp³-hybridized carbons (Fsp3) is 0.273. The zero-order valence-electron chi connectivity index (χ0n) is 10.0. The Kier molecular flexibility index (Phi) is 2.97. The quantitative estimate of drug-likeness (QED) is 0.835. The number of aromatic nitrogens is 4. The van der Waals surface area contributed by atoms with E-state index in [9.17, 15) is 4.79 Å². The molecule has 2 rings (SSSR count). The third-order valence-electron chi connectivity index (χ3n) is 2.43. The Labute approximate surface area is 103 Å². The van der Waals surface area contributed by atoms with Gasteiger partial charge in [-0.05, 0) is 36.4 Å². The van der Waals surface area contributed by atoms with Crippen LogP contribution in [0.5, 0.6) is 0 Å². The molecule has 0 atom stereocenters. The van der Waals surface area contributed by atoms with Crippen LogP contribution >= 0.6 is 0 Å². The Bertz CT molecular complexity index is 550. The molecule has 0 fully saturated rings. The normalized spacial score (nSPS) is 11.2. The van der Waals surface area contributed by atoms with E-state index in [1.165, 1.54) is 4.68 Å². The molecule has 0 aliphatic carbocycles. The van der Waals surface area contributed by atoms with Gasteiger partial charge in [0, 0.05) is 0 Å². The number of anilines is 1. The Hall–Kier alpha value is -2.44. The van der Waals surface area contributed by atoms with Gasteiger partial charge in [0.25, 0.3) is 0 Å². The van der Waals surface area contributed by atoms with Crippen LogP contribution < -0.4 is 5.32 Å². The van der Waals surface area contributed by atoms with Crippen LogP contribution in [-0.2, 0) is 4.79 Å². The highest BCUT2D eigenvalue weighted by Gasteiger charge is 2.29. The summed E-state index contributed by atoms with van der Waals surface area (Å²) in [5, 5.41) is 23.0. The zero-order valence-corrected chi connectivity index (χ0v) is 10.0. The number of hydrogen-bond donors (Lipinski definition) is 2. The molecule has 2 N–H and O–H groups in total. The maximum atomic E-state index is 11.1. The molecule has 0 amide bonds. The lowest BCUT2D eigenvalue weighted by atomic mass is 10.1. The molecule has 0 aliphatic rings. The highest BCUT2D eigenvalue weighted by Crippen LogP contribution is 2.15. The third-order valence-corrected chi connectivity index (χ3v) is 2.43. The summed E-state index contributed by atoms with van der Waals surface area (Å²) in [4.78, 5) is 11.1. The van der Waals surface area contributed by atoms with Gasteiger partial charge in [-0.1, -0.05) is 23.3 Å². The molecule has 0 saturated carbocycles. The summed E-state index contributed by atoms with van der Waals surface area (Å²) < 4.78 is 1.45. The molecule has 0 saturated heterocycles. The van der Waals surface area contributed by atoms with Crippen molar-refractivity contribution >= 4 is 11.9 Å². The molecule has 1 aromatic heterocycles. The lowest BCUT2D eigenvalue weighted by Crippen LogP contribution is -2.40. The first-order valence-corrected chi connectivity index (χ1v) is 5.36. The topological polar surface area (TPSA) is 92.9 Å². The van der Waals surface area contributed by atoms with Crippen LogP contribution in [0, 0.1) is 0 Å². The first-order valence-electron chi connectivity index (χ1n) is 5.36. The van der Waals surface area contributed by atoms with E-state index >= 15 is 0 Å². The minimum atomic E-state index is -1.15. The molecule has 94 valence electrons. The van der Waals surface area contributed by atoms with Crippen LogP contribution in [0.4, 0.5) is 5.95 Å². The number of carbonyl (C=O) groups is 1. The van der Waals surface area contributed by atoms with Gasteiger partial charge in [0.05, 0.1) is 5.69 Å². The predicted octanol–water partition coefficient (Wildman–Crippen LogP) is 0.937. The maximum absolute atomic E-state index is 11.1. The van der Waals surface area contributed by atoms with Gasteiger partial charge in [0.2, 0.25) is 5.95 Å². The van der Waals surface area contributed by atoms with Gasteiger partial charge in [0.1, 0.15) is 5.54 Å². The number of nitrogens with one attached hydrogen (secondary N) is 1. The van der Waals surface area contributed by atoms with Crippen molar-refractivity contribution in [2.24, 2.45) is 0 Å². The summed E-state index contributed by atoms with van der Waals surface area (Å²) in [5.74, 6) is -0.696. The first kappa shape index (κ1) is 12.0. The van der Waals surface area contributed by atoms with E-state index in [0.717, 1.165) is 5.69 Å². The maximum Gasteiger partial charge on any atom is 0.328 e. The molecule has 0 bridgehead atoms.